The van der Waals surface area contributed by atoms with Gasteiger partial charge in [-0.1, -0.05) is 21.6 Å². The molecule has 0 rings (SSSR count). The Bertz CT molecular complexity index is 57.6. The molecule has 0 aromatic heterocycles. The van der Waals surface area contributed by atoms with Gasteiger partial charge in [-0.2, -0.15) is 0 Å². The van der Waals surface area contributed by atoms with E-state index < -0.39 is 0 Å². The van der Waals surface area contributed by atoms with Crippen LogP contribution in [0.1, 0.15) is 0 Å². The van der Waals surface area contributed by atoms with Gasteiger partial charge in [0.2, 0.25) is 0 Å². The van der Waals surface area contributed by atoms with Crippen molar-refractivity contribution in [2.24, 2.45) is 5.90 Å². The molecule has 5 heteroatoms. The van der Waals surface area contributed by atoms with Crippen molar-refractivity contribution in [3.8, 4) is 0 Å². The molecule has 0 unspecified atom stereocenters. The second-order valence-corrected chi connectivity index (χ2v) is 4.21. The molecule has 0 aliphatic carbocycles. The number of hydrogen-bond donors (Lipinski definition) is 1. The van der Waals surface area contributed by atoms with Gasteiger partial charge in [0.1, 0.15) is 0 Å². The predicted molar refractivity (Wildman–Crippen MR) is 46.9 cm³/mol. The van der Waals surface area contributed by atoms with Gasteiger partial charge in [-0.05, 0) is 0 Å². The van der Waals surface area contributed by atoms with E-state index in [1.165, 1.54) is 0 Å². The van der Waals surface area contributed by atoms with Crippen LogP contribution in [0.2, 0.25) is 0 Å². The third kappa shape index (κ3) is 8.58. The normalized spacial score (nSPS) is 10.2. The van der Waals surface area contributed by atoms with E-state index >= 15 is 0 Å². The fourth-order valence-electron chi connectivity index (χ4n) is 0.317. The van der Waals surface area contributed by atoms with Gasteiger partial charge in [0.15, 0.2) is 0 Å². The van der Waals surface area contributed by atoms with Gasteiger partial charge in [-0.25, -0.2) is 5.90 Å². The van der Waals surface area contributed by atoms with E-state index in [1.54, 1.807) is 28.7 Å². The van der Waals surface area contributed by atoms with Crippen molar-refractivity contribution in [3.05, 3.63) is 0 Å². The Kier molecular flexibility index (Phi) is 10.1. The van der Waals surface area contributed by atoms with E-state index in [2.05, 4.69) is 4.84 Å². The van der Waals surface area contributed by atoms with Gasteiger partial charge in [0.25, 0.3) is 0 Å². The molecule has 0 spiro atoms. The highest BCUT2D eigenvalue weighted by molar-refractivity contribution is 8.76. The minimum Gasteiger partial charge on any atom is -0.384 e. The molecular weight excluding hydrogens is 170 g/mol. The highest BCUT2D eigenvalue weighted by Crippen LogP contribution is 2.19. The summed E-state index contributed by atoms with van der Waals surface area (Å²) in [6.07, 6.45) is 0. The Morgan fingerprint density at radius 1 is 1.20 bits per heavy atom. The van der Waals surface area contributed by atoms with Crippen LogP contribution in [-0.2, 0) is 9.57 Å². The summed E-state index contributed by atoms with van der Waals surface area (Å²) in [6.45, 7) is 1.42. The Morgan fingerprint density at radius 2 is 1.80 bits per heavy atom. The molecule has 62 valence electrons. The van der Waals surface area contributed by atoms with Gasteiger partial charge in [-0.15, -0.1) is 0 Å². The smallest absolute Gasteiger partial charge is 0.0778 e. The van der Waals surface area contributed by atoms with E-state index in [1.807, 2.05) is 0 Å². The van der Waals surface area contributed by atoms with Crippen LogP contribution < -0.4 is 5.90 Å². The molecule has 0 aliphatic heterocycles. The monoisotopic (exact) mass is 183 g/mol. The van der Waals surface area contributed by atoms with Crippen LogP contribution >= 0.6 is 21.6 Å². The minimum absolute atomic E-state index is 0.616. The average Bonchev–Trinajstić information content (AvgIpc) is 1.97. The number of rotatable bonds is 7. The van der Waals surface area contributed by atoms with Crippen LogP contribution in [0.5, 0.6) is 0 Å². The molecule has 2 N–H and O–H groups in total. The van der Waals surface area contributed by atoms with E-state index in [0.29, 0.717) is 6.61 Å². The summed E-state index contributed by atoms with van der Waals surface area (Å²) in [5.41, 5.74) is 0. The maximum Gasteiger partial charge on any atom is 0.0778 e. The summed E-state index contributed by atoms with van der Waals surface area (Å²) in [6, 6.07) is 0. The van der Waals surface area contributed by atoms with E-state index in [4.69, 9.17) is 10.6 Å². The van der Waals surface area contributed by atoms with Crippen LogP contribution in [0.15, 0.2) is 0 Å². The van der Waals surface area contributed by atoms with E-state index in [0.717, 1.165) is 18.1 Å². The van der Waals surface area contributed by atoms with Crippen molar-refractivity contribution in [2.45, 2.75) is 0 Å². The minimum atomic E-state index is 0.616. The summed E-state index contributed by atoms with van der Waals surface area (Å²) in [5, 5.41) is 0. The van der Waals surface area contributed by atoms with Gasteiger partial charge < -0.3 is 9.57 Å². The van der Waals surface area contributed by atoms with Gasteiger partial charge in [0, 0.05) is 18.6 Å². The number of nitrogens with two attached hydrogens (primary N) is 1. The third-order valence-electron chi connectivity index (χ3n) is 0.739. The van der Waals surface area contributed by atoms with E-state index in [-0.39, 0.29) is 0 Å². The first-order valence-electron chi connectivity index (χ1n) is 2.97. The van der Waals surface area contributed by atoms with Gasteiger partial charge >= 0.3 is 0 Å². The molecule has 0 bridgehead atoms. The first-order valence-corrected chi connectivity index (χ1v) is 5.45. The van der Waals surface area contributed by atoms with Crippen molar-refractivity contribution < 1.29 is 9.57 Å². The van der Waals surface area contributed by atoms with Crippen LogP contribution in [0, 0.1) is 0 Å². The quantitative estimate of drug-likeness (QED) is 0.361. The van der Waals surface area contributed by atoms with Gasteiger partial charge in [0.05, 0.1) is 13.2 Å². The number of hydrogen-bond acceptors (Lipinski definition) is 5. The standard InChI is InChI=1S/C5H13NO2S2/c1-7-2-4-9-10-5-3-8-6/h2-6H2,1H3. The zero-order chi connectivity index (χ0) is 7.66. The van der Waals surface area contributed by atoms with Crippen LogP contribution in [0.3, 0.4) is 0 Å². The fourth-order valence-corrected chi connectivity index (χ4v) is 2.07. The molecule has 0 saturated heterocycles. The van der Waals surface area contributed by atoms with Crippen molar-refractivity contribution in [3.63, 3.8) is 0 Å². The Hall–Kier alpha value is 0.580. The molecule has 10 heavy (non-hydrogen) atoms. The molecule has 0 fully saturated rings. The SMILES string of the molecule is COCCSSCCON. The molecule has 0 aromatic rings. The van der Waals surface area contributed by atoms with Crippen LogP contribution in [0.25, 0.3) is 0 Å². The molecule has 0 amide bonds. The highest BCUT2D eigenvalue weighted by Gasteiger charge is 1.88. The summed E-state index contributed by atoms with van der Waals surface area (Å²) in [7, 11) is 5.23. The summed E-state index contributed by atoms with van der Waals surface area (Å²) in [5.74, 6) is 6.78. The van der Waals surface area contributed by atoms with Crippen LogP contribution in [0.4, 0.5) is 0 Å². The Balaban J connectivity index is 2.65. The lowest BCUT2D eigenvalue weighted by Crippen LogP contribution is -2.02. The molecule has 0 radical (unpaired) electrons. The lowest BCUT2D eigenvalue weighted by molar-refractivity contribution is 0.155. The topological polar surface area (TPSA) is 44.5 Å². The second kappa shape index (κ2) is 9.58. The predicted octanol–water partition coefficient (Wildman–Crippen LogP) is 0.905. The molecule has 3 nitrogen and oxygen atoms in total. The summed E-state index contributed by atoms with van der Waals surface area (Å²) in [4.78, 5) is 4.38. The zero-order valence-corrected chi connectivity index (χ0v) is 7.67. The van der Waals surface area contributed by atoms with Crippen molar-refractivity contribution in [1.29, 1.82) is 0 Å². The van der Waals surface area contributed by atoms with Crippen molar-refractivity contribution >= 4 is 21.6 Å². The van der Waals surface area contributed by atoms with Gasteiger partial charge in [-0.3, -0.25) is 0 Å². The molecule has 0 aromatic carbocycles. The Morgan fingerprint density at radius 3 is 2.30 bits per heavy atom. The zero-order valence-electron chi connectivity index (χ0n) is 6.04. The maximum absolute atomic E-state index is 4.86. The molecular formula is C5H13NO2S2. The van der Waals surface area contributed by atoms with E-state index in [9.17, 15) is 0 Å². The first-order chi connectivity index (χ1) is 4.91. The second-order valence-electron chi connectivity index (χ2n) is 1.51. The average molecular weight is 183 g/mol. The highest BCUT2D eigenvalue weighted by atomic mass is 33.1. The molecule has 0 heterocycles. The molecule has 0 saturated carbocycles. The number of ether oxygens (including phenoxy) is 1. The Labute approximate surface area is 69.4 Å². The molecule has 0 atom stereocenters. The third-order valence-corrected chi connectivity index (χ3v) is 3.07. The lowest BCUT2D eigenvalue weighted by Gasteiger charge is -1.98. The first kappa shape index (κ1) is 10.6. The van der Waals surface area contributed by atoms with Crippen LogP contribution in [-0.4, -0.2) is 31.8 Å². The van der Waals surface area contributed by atoms with Crippen molar-refractivity contribution in [1.82, 2.24) is 0 Å². The van der Waals surface area contributed by atoms with Crippen molar-refractivity contribution in [2.75, 3.05) is 31.8 Å². The lowest BCUT2D eigenvalue weighted by atomic mass is 10.9. The number of methoxy groups -OCH3 is 1. The summed E-state index contributed by atoms with van der Waals surface area (Å²) < 4.78 is 4.86. The summed E-state index contributed by atoms with van der Waals surface area (Å²) >= 11 is 0. The fraction of sp³-hybridized carbons (Fsp3) is 1.00. The maximum atomic E-state index is 4.86. The molecule has 0 aliphatic rings. The largest absolute Gasteiger partial charge is 0.384 e.